The van der Waals surface area contributed by atoms with Gasteiger partial charge in [0.15, 0.2) is 11.5 Å². The van der Waals surface area contributed by atoms with Crippen molar-refractivity contribution in [3.05, 3.63) is 47.5 Å². The van der Waals surface area contributed by atoms with E-state index in [2.05, 4.69) is 17.5 Å². The van der Waals surface area contributed by atoms with Gasteiger partial charge in [-0.25, -0.2) is 5.43 Å². The Labute approximate surface area is 203 Å². The fourth-order valence-corrected chi connectivity index (χ4v) is 3.53. The number of carbonyl (C=O) groups excluding carboxylic acids is 1. The lowest BCUT2D eigenvalue weighted by Gasteiger charge is -2.12. The lowest BCUT2D eigenvalue weighted by Crippen LogP contribution is -2.17. The summed E-state index contributed by atoms with van der Waals surface area (Å²) in [5.41, 5.74) is 3.73. The predicted molar refractivity (Wildman–Crippen MR) is 136 cm³/mol. The van der Waals surface area contributed by atoms with E-state index in [4.69, 9.17) is 18.9 Å². The maximum atomic E-state index is 12.4. The summed E-state index contributed by atoms with van der Waals surface area (Å²) in [5.74, 6) is 1.98. The van der Waals surface area contributed by atoms with Gasteiger partial charge >= 0.3 is 0 Å². The average molecular weight is 471 g/mol. The third-order valence-corrected chi connectivity index (χ3v) is 5.45. The van der Waals surface area contributed by atoms with Crippen molar-refractivity contribution >= 4 is 12.1 Å². The van der Waals surface area contributed by atoms with E-state index >= 15 is 0 Å². The highest BCUT2D eigenvalue weighted by atomic mass is 16.5. The third kappa shape index (κ3) is 8.96. The van der Waals surface area contributed by atoms with Crippen molar-refractivity contribution in [3.63, 3.8) is 0 Å². The Balaban J connectivity index is 1.77. The molecule has 2 aromatic carbocycles. The van der Waals surface area contributed by atoms with E-state index < -0.39 is 0 Å². The van der Waals surface area contributed by atoms with Gasteiger partial charge in [-0.2, -0.15) is 5.10 Å². The van der Waals surface area contributed by atoms with Crippen LogP contribution >= 0.6 is 0 Å². The van der Waals surface area contributed by atoms with Crippen molar-refractivity contribution in [2.24, 2.45) is 5.10 Å². The summed E-state index contributed by atoms with van der Waals surface area (Å²) in [5, 5.41) is 4.04. The van der Waals surface area contributed by atoms with Crippen molar-refractivity contribution in [3.8, 4) is 23.0 Å². The monoisotopic (exact) mass is 470 g/mol. The van der Waals surface area contributed by atoms with Crippen LogP contribution in [0.5, 0.6) is 23.0 Å². The number of amides is 1. The van der Waals surface area contributed by atoms with Crippen LogP contribution in [0.15, 0.2) is 41.5 Å². The molecule has 0 heterocycles. The number of ether oxygens (including phenoxy) is 4. The molecule has 0 unspecified atom stereocenters. The van der Waals surface area contributed by atoms with E-state index in [9.17, 15) is 4.79 Å². The SMILES string of the molecule is CCCCCCCCCCOc1ccc(C(=O)N/N=C/c2cc(OC)c(OC)c(OC)c2)cc1. The van der Waals surface area contributed by atoms with Gasteiger partial charge in [-0.05, 0) is 42.8 Å². The van der Waals surface area contributed by atoms with Gasteiger partial charge in [-0.3, -0.25) is 4.79 Å². The van der Waals surface area contributed by atoms with Gasteiger partial charge in [-0.15, -0.1) is 0 Å². The van der Waals surface area contributed by atoms with Gasteiger partial charge < -0.3 is 18.9 Å². The topological polar surface area (TPSA) is 78.4 Å². The second-order valence-electron chi connectivity index (χ2n) is 8.01. The van der Waals surface area contributed by atoms with E-state index in [1.54, 1.807) is 45.6 Å². The highest BCUT2D eigenvalue weighted by Gasteiger charge is 2.12. The van der Waals surface area contributed by atoms with E-state index in [0.29, 0.717) is 35.0 Å². The van der Waals surface area contributed by atoms with Crippen molar-refractivity contribution < 1.29 is 23.7 Å². The first-order valence-corrected chi connectivity index (χ1v) is 12.0. The predicted octanol–water partition coefficient (Wildman–Crippen LogP) is 6.00. The first-order chi connectivity index (χ1) is 16.6. The largest absolute Gasteiger partial charge is 0.494 e. The van der Waals surface area contributed by atoms with Crippen molar-refractivity contribution in [2.75, 3.05) is 27.9 Å². The Hall–Kier alpha value is -3.22. The Morgan fingerprint density at radius 3 is 2.00 bits per heavy atom. The first kappa shape index (κ1) is 27.0. The second kappa shape index (κ2) is 15.6. The summed E-state index contributed by atoms with van der Waals surface area (Å²) in [4.78, 5) is 12.4. The molecule has 0 radical (unpaired) electrons. The Bertz CT molecular complexity index is 871. The maximum Gasteiger partial charge on any atom is 0.271 e. The number of rotatable bonds is 16. The van der Waals surface area contributed by atoms with Gasteiger partial charge in [0.2, 0.25) is 5.75 Å². The molecule has 0 saturated carbocycles. The first-order valence-electron chi connectivity index (χ1n) is 12.0. The second-order valence-corrected chi connectivity index (χ2v) is 8.01. The molecular weight excluding hydrogens is 432 g/mol. The van der Waals surface area contributed by atoms with Crippen LogP contribution in [0.4, 0.5) is 0 Å². The van der Waals surface area contributed by atoms with E-state index in [1.807, 2.05) is 12.1 Å². The smallest absolute Gasteiger partial charge is 0.271 e. The summed E-state index contributed by atoms with van der Waals surface area (Å²) >= 11 is 0. The lowest BCUT2D eigenvalue weighted by molar-refractivity contribution is 0.0955. The number of hydrazone groups is 1. The maximum absolute atomic E-state index is 12.4. The Morgan fingerprint density at radius 2 is 1.44 bits per heavy atom. The zero-order valence-corrected chi connectivity index (χ0v) is 20.9. The molecule has 1 amide bonds. The van der Waals surface area contributed by atoms with Crippen molar-refractivity contribution in [2.45, 2.75) is 58.3 Å². The molecule has 34 heavy (non-hydrogen) atoms. The number of hydrogen-bond acceptors (Lipinski definition) is 6. The van der Waals surface area contributed by atoms with Crippen LogP contribution in [-0.2, 0) is 0 Å². The number of nitrogens with zero attached hydrogens (tertiary/aromatic N) is 1. The standard InChI is InChI=1S/C27H38N2O5/c1-5-6-7-8-9-10-11-12-17-34-23-15-13-22(14-16-23)27(30)29-28-20-21-18-24(31-2)26(33-4)25(19-21)32-3/h13-16,18-20H,5-12,17H2,1-4H3,(H,29,30)/b28-20+. The summed E-state index contributed by atoms with van der Waals surface area (Å²) in [6.45, 7) is 2.93. The zero-order valence-electron chi connectivity index (χ0n) is 20.9. The van der Waals surface area contributed by atoms with Gasteiger partial charge in [0.05, 0.1) is 34.2 Å². The zero-order chi connectivity index (χ0) is 24.6. The summed E-state index contributed by atoms with van der Waals surface area (Å²) in [7, 11) is 4.63. The lowest BCUT2D eigenvalue weighted by atomic mass is 10.1. The number of methoxy groups -OCH3 is 3. The highest BCUT2D eigenvalue weighted by molar-refractivity contribution is 5.95. The van der Waals surface area contributed by atoms with Crippen LogP contribution in [0.2, 0.25) is 0 Å². The van der Waals surface area contributed by atoms with Crippen LogP contribution in [0.3, 0.4) is 0 Å². The van der Waals surface area contributed by atoms with Gasteiger partial charge in [-0.1, -0.05) is 51.9 Å². The molecule has 0 aliphatic carbocycles. The Kier molecular flexibility index (Phi) is 12.4. The average Bonchev–Trinajstić information content (AvgIpc) is 2.87. The minimum Gasteiger partial charge on any atom is -0.494 e. The number of carbonyl (C=O) groups is 1. The molecule has 7 heteroatoms. The molecule has 0 atom stereocenters. The van der Waals surface area contributed by atoms with E-state index in [0.717, 1.165) is 12.2 Å². The fourth-order valence-electron chi connectivity index (χ4n) is 3.53. The van der Waals surface area contributed by atoms with Crippen LogP contribution < -0.4 is 24.4 Å². The van der Waals surface area contributed by atoms with E-state index in [-0.39, 0.29) is 5.91 Å². The molecule has 1 N–H and O–H groups in total. The van der Waals surface area contributed by atoms with Gasteiger partial charge in [0.1, 0.15) is 5.75 Å². The molecule has 2 aromatic rings. The van der Waals surface area contributed by atoms with Crippen molar-refractivity contribution in [1.82, 2.24) is 5.43 Å². The molecule has 0 aliphatic heterocycles. The Morgan fingerprint density at radius 1 is 0.853 bits per heavy atom. The molecule has 2 rings (SSSR count). The minimum atomic E-state index is -0.307. The molecule has 186 valence electrons. The third-order valence-electron chi connectivity index (χ3n) is 5.45. The summed E-state index contributed by atoms with van der Waals surface area (Å²) in [6, 6.07) is 10.6. The van der Waals surface area contributed by atoms with Crippen LogP contribution in [-0.4, -0.2) is 40.1 Å². The number of nitrogens with one attached hydrogen (secondary N) is 1. The molecular formula is C27H38N2O5. The molecule has 0 fully saturated rings. The number of hydrogen-bond donors (Lipinski definition) is 1. The van der Waals surface area contributed by atoms with Crippen LogP contribution in [0.1, 0.15) is 74.2 Å². The minimum absolute atomic E-state index is 0.307. The molecule has 0 bridgehead atoms. The molecule has 0 aliphatic rings. The number of benzene rings is 2. The highest BCUT2D eigenvalue weighted by Crippen LogP contribution is 2.37. The van der Waals surface area contributed by atoms with Gasteiger partial charge in [0, 0.05) is 11.1 Å². The summed E-state index contributed by atoms with van der Waals surface area (Å²) < 4.78 is 21.8. The van der Waals surface area contributed by atoms with Crippen molar-refractivity contribution in [1.29, 1.82) is 0 Å². The fraction of sp³-hybridized carbons (Fsp3) is 0.481. The number of unbranched alkanes of at least 4 members (excludes halogenated alkanes) is 7. The molecule has 7 nitrogen and oxygen atoms in total. The quantitative estimate of drug-likeness (QED) is 0.185. The summed E-state index contributed by atoms with van der Waals surface area (Å²) in [6.07, 6.45) is 11.7. The molecule has 0 spiro atoms. The normalized spacial score (nSPS) is 10.8. The van der Waals surface area contributed by atoms with E-state index in [1.165, 1.54) is 51.2 Å². The van der Waals surface area contributed by atoms with Crippen LogP contribution in [0, 0.1) is 0 Å². The molecule has 0 saturated heterocycles. The van der Waals surface area contributed by atoms with Gasteiger partial charge in [0.25, 0.3) is 5.91 Å². The van der Waals surface area contributed by atoms with Crippen LogP contribution in [0.25, 0.3) is 0 Å². The molecule has 0 aromatic heterocycles.